The average molecular weight is 665 g/mol. The molecule has 1 amide bonds. The first kappa shape index (κ1) is 34.9. The molecule has 0 saturated heterocycles. The maximum Gasteiger partial charge on any atom is 0.406 e. The number of amides is 1. The molecule has 1 aliphatic heterocycles. The topological polar surface area (TPSA) is 219 Å². The summed E-state index contributed by atoms with van der Waals surface area (Å²) < 4.78 is 40.9. The number of carboxylic acids is 2. The van der Waals surface area contributed by atoms with Crippen LogP contribution in [0.5, 0.6) is 0 Å². The number of methoxy groups -OCH3 is 1. The maximum absolute atomic E-state index is 14.5. The molecule has 1 heterocycles. The largest absolute Gasteiger partial charge is 0.550 e. The number of carbonyl (C=O) groups excluding carboxylic acids is 3. The van der Waals surface area contributed by atoms with E-state index in [1.807, 2.05) is 0 Å². The van der Waals surface area contributed by atoms with Gasteiger partial charge in [-0.15, -0.1) is 0 Å². The van der Waals surface area contributed by atoms with Crippen LogP contribution in [-0.4, -0.2) is 57.5 Å². The van der Waals surface area contributed by atoms with Crippen LogP contribution in [0.15, 0.2) is 63.9 Å². The van der Waals surface area contributed by atoms with Crippen LogP contribution in [0.25, 0.3) is 33.4 Å². The molecule has 0 aromatic heterocycles. The van der Waals surface area contributed by atoms with E-state index in [1.165, 1.54) is 35.7 Å². The van der Waals surface area contributed by atoms with Crippen molar-refractivity contribution in [3.63, 3.8) is 0 Å². The number of ether oxygens (including phenoxy) is 1. The van der Waals surface area contributed by atoms with E-state index in [0.717, 1.165) is 0 Å². The number of anilines is 1. The number of aliphatic carboxylic acids is 1. The predicted octanol–water partition coefficient (Wildman–Crippen LogP) is 2.46. The summed E-state index contributed by atoms with van der Waals surface area (Å²) in [6.45, 7) is 0.471. The van der Waals surface area contributed by atoms with E-state index >= 15 is 0 Å². The zero-order chi connectivity index (χ0) is 34.1. The Bertz CT molecular complexity index is 1910. The van der Waals surface area contributed by atoms with Crippen LogP contribution in [0.4, 0.5) is 10.5 Å². The van der Waals surface area contributed by atoms with Gasteiger partial charge in [-0.2, -0.15) is 4.31 Å². The Kier molecular flexibility index (Phi) is 11.6. The molecule has 4 N–H and O–H groups in total. The first-order valence-corrected chi connectivity index (χ1v) is 16.6. The van der Waals surface area contributed by atoms with Gasteiger partial charge in [-0.05, 0) is 61.9 Å². The van der Waals surface area contributed by atoms with Gasteiger partial charge in [-0.25, -0.2) is 13.2 Å². The number of aromatic carboxylic acids is 1. The lowest BCUT2D eigenvalue weighted by Gasteiger charge is -2.25. The van der Waals surface area contributed by atoms with Crippen molar-refractivity contribution in [3.05, 3.63) is 65.5 Å². The minimum atomic E-state index is -4.40. The molecule has 0 spiro atoms. The second-order valence-corrected chi connectivity index (χ2v) is 12.8. The number of carboxylic acid groups (broad SMARTS) is 2. The van der Waals surface area contributed by atoms with Crippen molar-refractivity contribution in [1.82, 2.24) is 9.62 Å². The number of sulfonamides is 1. The van der Waals surface area contributed by atoms with Crippen molar-refractivity contribution in [3.8, 4) is 22.5 Å². The summed E-state index contributed by atoms with van der Waals surface area (Å²) in [6, 6.07) is 13.8. The van der Waals surface area contributed by atoms with E-state index in [4.69, 9.17) is 15.6 Å². The van der Waals surface area contributed by atoms with Gasteiger partial charge in [-0.3, -0.25) is 5.41 Å². The van der Waals surface area contributed by atoms with Crippen LogP contribution in [-0.2, 0) is 19.6 Å². The number of hydrogen-bond donors (Lipinski definition) is 3. The number of nitrogen functional groups attached to an aromatic ring is 1. The van der Waals surface area contributed by atoms with Crippen molar-refractivity contribution in [1.29, 1.82) is 5.41 Å². The molecular weight excluding hydrogens is 628 g/mol. The number of benzene rings is 3. The third-order valence-electron chi connectivity index (χ3n) is 7.71. The number of fused-ring (bicyclic) bond motifs is 2. The second-order valence-electron chi connectivity index (χ2n) is 11.0. The normalized spacial score (nSPS) is 11.6. The van der Waals surface area contributed by atoms with Gasteiger partial charge < -0.3 is 40.0 Å². The van der Waals surface area contributed by atoms with E-state index in [2.05, 4.69) is 10.1 Å². The highest BCUT2D eigenvalue weighted by Gasteiger charge is 2.33. The summed E-state index contributed by atoms with van der Waals surface area (Å²) in [4.78, 5) is 33.9. The Morgan fingerprint density at radius 1 is 0.936 bits per heavy atom. The van der Waals surface area contributed by atoms with Gasteiger partial charge in [0.25, 0.3) is 0 Å². The van der Waals surface area contributed by atoms with E-state index < -0.39 is 33.0 Å². The van der Waals surface area contributed by atoms with E-state index in [0.29, 0.717) is 61.7 Å². The van der Waals surface area contributed by atoms with Crippen LogP contribution in [0.2, 0.25) is 0 Å². The summed E-state index contributed by atoms with van der Waals surface area (Å²) in [5.41, 5.74) is 7.37. The van der Waals surface area contributed by atoms with Crippen LogP contribution in [0.1, 0.15) is 55.3 Å². The highest BCUT2D eigenvalue weighted by molar-refractivity contribution is 7.89. The average Bonchev–Trinajstić information content (AvgIpc) is 3.03. The Morgan fingerprint density at radius 2 is 1.64 bits per heavy atom. The monoisotopic (exact) mass is 664 g/mol. The highest BCUT2D eigenvalue weighted by Crippen LogP contribution is 2.43. The number of hydrogen-bond acceptors (Lipinski definition) is 11. The van der Waals surface area contributed by atoms with E-state index in [-0.39, 0.29) is 52.9 Å². The van der Waals surface area contributed by atoms with Gasteiger partial charge >= 0.3 is 6.09 Å². The number of alkyl carbamates (subject to hydrolysis) is 1. The Hall–Kier alpha value is -4.95. The zero-order valence-electron chi connectivity index (χ0n) is 25.9. The van der Waals surface area contributed by atoms with Crippen molar-refractivity contribution in [2.24, 2.45) is 0 Å². The molecule has 2 aromatic carbocycles. The summed E-state index contributed by atoms with van der Waals surface area (Å²) in [7, 11) is -3.14. The molecule has 0 fully saturated rings. The number of nitrogens with one attached hydrogen (secondary N) is 2. The number of unbranched alkanes of at least 4 members (excludes halogenated alkanes) is 4. The lowest BCUT2D eigenvalue weighted by molar-refractivity contribution is -0.305. The molecule has 2 aliphatic rings. The minimum absolute atomic E-state index is 0.0481. The summed E-state index contributed by atoms with van der Waals surface area (Å²) in [5.74, 6) is -2.74. The zero-order valence-corrected chi connectivity index (χ0v) is 26.7. The molecule has 0 bridgehead atoms. The number of rotatable bonds is 16. The molecule has 250 valence electrons. The maximum atomic E-state index is 14.5. The molecule has 0 saturated carbocycles. The van der Waals surface area contributed by atoms with Crippen molar-refractivity contribution in [2.75, 3.05) is 32.5 Å². The summed E-state index contributed by atoms with van der Waals surface area (Å²) >= 11 is 0. The lowest BCUT2D eigenvalue weighted by Crippen LogP contribution is -2.36. The standard InChI is InChI=1S/C33H38N4O9S/c1-45-33(42)36-17-7-3-9-19-37(18-8-2-4-12-28(38)39)47(43,44)31-26(35)16-15-25-29(22-10-5-6-11-23(22)32(40)41)24-14-13-21(34)20-27(24)46-30(25)31/h5-6,10-11,13-16,20,35H,2-4,7-9,12,17-19,34H2,1H3,(H,36,42)(H,38,39)(H,40,41)/p-2. The smallest absolute Gasteiger partial charge is 0.406 e. The summed E-state index contributed by atoms with van der Waals surface area (Å²) in [5, 5.41) is 34.5. The molecule has 4 rings (SSSR count). The van der Waals surface area contributed by atoms with Gasteiger partial charge in [0.05, 0.1) is 18.4 Å². The Balaban J connectivity index is 1.80. The molecule has 2 aromatic rings. The Morgan fingerprint density at radius 3 is 2.32 bits per heavy atom. The minimum Gasteiger partial charge on any atom is -0.550 e. The summed E-state index contributed by atoms with van der Waals surface area (Å²) in [6.07, 6.45) is 1.96. The fourth-order valence-corrected chi connectivity index (χ4v) is 7.17. The number of nitrogens with two attached hydrogens (primary N) is 1. The van der Waals surface area contributed by atoms with Crippen LogP contribution < -0.4 is 26.6 Å². The molecular formula is C33H36N4O9S-2. The van der Waals surface area contributed by atoms with Gasteiger partial charge in [0.15, 0.2) is 10.7 Å². The number of nitrogens with zero attached hydrogens (tertiary/aromatic N) is 1. The lowest BCUT2D eigenvalue weighted by atomic mass is 9.90. The molecule has 0 unspecified atom stereocenters. The van der Waals surface area contributed by atoms with Crippen LogP contribution >= 0.6 is 0 Å². The molecule has 47 heavy (non-hydrogen) atoms. The highest BCUT2D eigenvalue weighted by atomic mass is 32.2. The quantitative estimate of drug-likeness (QED) is 0.0902. The van der Waals surface area contributed by atoms with Gasteiger partial charge in [-0.1, -0.05) is 37.1 Å². The third-order valence-corrected chi connectivity index (χ3v) is 9.68. The van der Waals surface area contributed by atoms with E-state index in [1.54, 1.807) is 30.3 Å². The van der Waals surface area contributed by atoms with Crippen molar-refractivity contribution >= 4 is 44.7 Å². The first-order valence-electron chi connectivity index (χ1n) is 15.1. The van der Waals surface area contributed by atoms with Gasteiger partial charge in [0, 0.05) is 59.4 Å². The van der Waals surface area contributed by atoms with E-state index in [9.17, 15) is 33.0 Å². The van der Waals surface area contributed by atoms with Gasteiger partial charge in [0.2, 0.25) is 10.0 Å². The molecule has 0 atom stereocenters. The predicted molar refractivity (Wildman–Crippen MR) is 169 cm³/mol. The van der Waals surface area contributed by atoms with Crippen LogP contribution in [0.3, 0.4) is 0 Å². The third kappa shape index (κ3) is 8.26. The molecule has 13 nitrogen and oxygen atoms in total. The fourth-order valence-electron chi connectivity index (χ4n) is 5.44. The van der Waals surface area contributed by atoms with Gasteiger partial charge in [0.1, 0.15) is 5.58 Å². The second kappa shape index (κ2) is 15.6. The molecule has 1 aliphatic carbocycles. The first-order chi connectivity index (χ1) is 22.4. The fraction of sp³-hybridized carbons (Fsp3) is 0.333. The van der Waals surface area contributed by atoms with Crippen molar-refractivity contribution in [2.45, 2.75) is 49.8 Å². The Labute approximate surface area is 271 Å². The molecule has 14 heteroatoms. The van der Waals surface area contributed by atoms with Crippen LogP contribution in [0, 0.1) is 5.41 Å². The molecule has 0 radical (unpaired) electrons. The van der Waals surface area contributed by atoms with Crippen molar-refractivity contribution < 1.29 is 42.2 Å². The number of carbonyl (C=O) groups is 3. The SMILES string of the molecule is COC(=O)NCCCCCN(CCCCCC(=O)[O-])S(=O)(=O)c1c2oc3cc(N)ccc3c(-c3ccccc3C(=O)[O-])c-2ccc1=N.